The standard InChI is InChI=1S/C22H40/c1-3-5-7-9-11-13-15-17-19-21-22-20-18-16-14-12-10-8-6-4-2/h13,15,18-21H,3-12,14,16-17,22H2,1-2H3. The van der Waals surface area contributed by atoms with Crippen molar-refractivity contribution < 1.29 is 0 Å². The predicted octanol–water partition coefficient (Wildman–Crippen LogP) is 8.16. The van der Waals surface area contributed by atoms with E-state index in [1.165, 1.54) is 77.0 Å². The molecule has 0 nitrogen and oxygen atoms in total. The molecule has 0 amide bonds. The molecule has 0 heterocycles. The summed E-state index contributed by atoms with van der Waals surface area (Å²) >= 11 is 0. The van der Waals surface area contributed by atoms with Gasteiger partial charge in [-0.2, -0.15) is 0 Å². The zero-order valence-electron chi connectivity index (χ0n) is 15.4. The van der Waals surface area contributed by atoms with Crippen LogP contribution in [0, 0.1) is 0 Å². The number of hydrogen-bond acceptors (Lipinski definition) is 0. The second kappa shape index (κ2) is 20.2. The molecule has 0 saturated carbocycles. The van der Waals surface area contributed by atoms with E-state index >= 15 is 0 Å². The summed E-state index contributed by atoms with van der Waals surface area (Å²) in [6.07, 6.45) is 32.5. The maximum atomic E-state index is 2.35. The zero-order valence-corrected chi connectivity index (χ0v) is 15.4. The molecule has 0 spiro atoms. The summed E-state index contributed by atoms with van der Waals surface area (Å²) in [5.74, 6) is 0. The van der Waals surface area contributed by atoms with E-state index in [2.05, 4.69) is 50.3 Å². The Bertz CT molecular complexity index is 270. The van der Waals surface area contributed by atoms with E-state index in [-0.39, 0.29) is 0 Å². The Morgan fingerprint density at radius 2 is 0.773 bits per heavy atom. The number of allylic oxidation sites excluding steroid dienone is 6. The molecule has 0 bridgehead atoms. The van der Waals surface area contributed by atoms with Crippen molar-refractivity contribution >= 4 is 0 Å². The smallest absolute Gasteiger partial charge is 0.0169 e. The molecule has 0 heteroatoms. The van der Waals surface area contributed by atoms with Crippen LogP contribution in [0.25, 0.3) is 0 Å². The highest BCUT2D eigenvalue weighted by Gasteiger charge is 1.87. The lowest BCUT2D eigenvalue weighted by Gasteiger charge is -1.97. The monoisotopic (exact) mass is 304 g/mol. The minimum absolute atomic E-state index is 1.10. The van der Waals surface area contributed by atoms with E-state index < -0.39 is 0 Å². The molecular weight excluding hydrogens is 264 g/mol. The summed E-state index contributed by atoms with van der Waals surface area (Å²) in [5.41, 5.74) is 0. The van der Waals surface area contributed by atoms with Gasteiger partial charge in [0.25, 0.3) is 0 Å². The van der Waals surface area contributed by atoms with Gasteiger partial charge < -0.3 is 0 Å². The van der Waals surface area contributed by atoms with Crippen molar-refractivity contribution in [2.75, 3.05) is 0 Å². The van der Waals surface area contributed by atoms with Gasteiger partial charge in [0.05, 0.1) is 0 Å². The Kier molecular flexibility index (Phi) is 19.5. The van der Waals surface area contributed by atoms with Gasteiger partial charge in [-0.05, 0) is 38.5 Å². The maximum Gasteiger partial charge on any atom is -0.0169 e. The summed E-state index contributed by atoms with van der Waals surface area (Å²) in [6, 6.07) is 0. The number of unbranched alkanes of at least 4 members (excludes halogenated alkanes) is 10. The van der Waals surface area contributed by atoms with Gasteiger partial charge in [0.15, 0.2) is 0 Å². The van der Waals surface area contributed by atoms with Gasteiger partial charge in [-0.25, -0.2) is 0 Å². The molecule has 0 N–H and O–H groups in total. The fourth-order valence-electron chi connectivity index (χ4n) is 2.51. The minimum atomic E-state index is 1.10. The van der Waals surface area contributed by atoms with Crippen LogP contribution in [0.4, 0.5) is 0 Å². The summed E-state index contributed by atoms with van der Waals surface area (Å²) in [5, 5.41) is 0. The van der Waals surface area contributed by atoms with Crippen LogP contribution in [0.15, 0.2) is 36.5 Å². The molecule has 22 heavy (non-hydrogen) atoms. The lowest BCUT2D eigenvalue weighted by atomic mass is 10.1. The molecule has 0 atom stereocenters. The molecule has 0 saturated heterocycles. The fraction of sp³-hybridized carbons (Fsp3) is 0.727. The molecule has 0 aliphatic heterocycles. The topological polar surface area (TPSA) is 0 Å². The fourth-order valence-corrected chi connectivity index (χ4v) is 2.51. The zero-order chi connectivity index (χ0) is 16.1. The third-order valence-corrected chi connectivity index (χ3v) is 3.99. The highest BCUT2D eigenvalue weighted by molar-refractivity contribution is 4.97. The predicted molar refractivity (Wildman–Crippen MR) is 103 cm³/mol. The van der Waals surface area contributed by atoms with E-state index in [1.54, 1.807) is 0 Å². The van der Waals surface area contributed by atoms with Gasteiger partial charge in [-0.3, -0.25) is 0 Å². The lowest BCUT2D eigenvalue weighted by molar-refractivity contribution is 0.611. The van der Waals surface area contributed by atoms with Gasteiger partial charge in [0.1, 0.15) is 0 Å². The molecule has 0 aromatic heterocycles. The van der Waals surface area contributed by atoms with Crippen molar-refractivity contribution in [3.05, 3.63) is 36.5 Å². The van der Waals surface area contributed by atoms with Crippen LogP contribution in [0.1, 0.15) is 104 Å². The Labute approximate surface area is 140 Å². The van der Waals surface area contributed by atoms with Crippen molar-refractivity contribution in [1.29, 1.82) is 0 Å². The lowest BCUT2D eigenvalue weighted by Crippen LogP contribution is -1.77. The first kappa shape index (κ1) is 21.2. The average molecular weight is 305 g/mol. The second-order valence-corrected chi connectivity index (χ2v) is 6.29. The van der Waals surface area contributed by atoms with Crippen LogP contribution in [0.3, 0.4) is 0 Å². The van der Waals surface area contributed by atoms with Crippen molar-refractivity contribution in [2.45, 2.75) is 104 Å². The summed E-state index contributed by atoms with van der Waals surface area (Å²) in [7, 11) is 0. The van der Waals surface area contributed by atoms with Crippen LogP contribution in [0.5, 0.6) is 0 Å². The molecular formula is C22H40. The van der Waals surface area contributed by atoms with Crippen LogP contribution in [-0.4, -0.2) is 0 Å². The van der Waals surface area contributed by atoms with Crippen LogP contribution < -0.4 is 0 Å². The summed E-state index contributed by atoms with van der Waals surface area (Å²) in [6.45, 7) is 4.54. The Balaban J connectivity index is 3.25. The van der Waals surface area contributed by atoms with E-state index in [0.29, 0.717) is 0 Å². The largest absolute Gasteiger partial charge is 0.0882 e. The van der Waals surface area contributed by atoms with E-state index in [1.807, 2.05) is 0 Å². The molecule has 0 aliphatic rings. The van der Waals surface area contributed by atoms with Gasteiger partial charge >= 0.3 is 0 Å². The number of hydrogen-bond donors (Lipinski definition) is 0. The van der Waals surface area contributed by atoms with Gasteiger partial charge in [-0.1, -0.05) is 102 Å². The first-order chi connectivity index (χ1) is 10.9. The second-order valence-electron chi connectivity index (χ2n) is 6.29. The van der Waals surface area contributed by atoms with Crippen molar-refractivity contribution in [2.24, 2.45) is 0 Å². The van der Waals surface area contributed by atoms with Crippen LogP contribution in [0.2, 0.25) is 0 Å². The molecule has 0 unspecified atom stereocenters. The number of rotatable bonds is 16. The van der Waals surface area contributed by atoms with Crippen molar-refractivity contribution in [3.63, 3.8) is 0 Å². The third kappa shape index (κ3) is 19.2. The summed E-state index contributed by atoms with van der Waals surface area (Å²) < 4.78 is 0. The highest BCUT2D eigenvalue weighted by atomic mass is 13.9. The van der Waals surface area contributed by atoms with Crippen molar-refractivity contribution in [1.82, 2.24) is 0 Å². The first-order valence-electron chi connectivity index (χ1n) is 9.86. The SMILES string of the molecule is CCCCCCC=CCC=CCC=CCCCCCCCC. The molecule has 0 aromatic carbocycles. The quantitative estimate of drug-likeness (QED) is 0.199. The van der Waals surface area contributed by atoms with Crippen LogP contribution >= 0.6 is 0 Å². The van der Waals surface area contributed by atoms with E-state index in [0.717, 1.165) is 12.8 Å². The van der Waals surface area contributed by atoms with Gasteiger partial charge in [0, 0.05) is 0 Å². The van der Waals surface area contributed by atoms with E-state index in [9.17, 15) is 0 Å². The Hall–Kier alpha value is -0.780. The maximum absolute atomic E-state index is 2.35. The summed E-state index contributed by atoms with van der Waals surface area (Å²) in [4.78, 5) is 0. The molecule has 0 aliphatic carbocycles. The highest BCUT2D eigenvalue weighted by Crippen LogP contribution is 2.07. The van der Waals surface area contributed by atoms with Crippen molar-refractivity contribution in [3.8, 4) is 0 Å². The Morgan fingerprint density at radius 1 is 0.409 bits per heavy atom. The normalized spacial score (nSPS) is 12.3. The third-order valence-electron chi connectivity index (χ3n) is 3.99. The molecule has 0 rings (SSSR count). The molecule has 0 radical (unpaired) electrons. The average Bonchev–Trinajstić information content (AvgIpc) is 2.54. The molecule has 0 aromatic rings. The minimum Gasteiger partial charge on any atom is -0.0882 e. The van der Waals surface area contributed by atoms with Crippen LogP contribution in [-0.2, 0) is 0 Å². The van der Waals surface area contributed by atoms with Gasteiger partial charge in [0.2, 0.25) is 0 Å². The Morgan fingerprint density at radius 3 is 1.27 bits per heavy atom. The molecule has 0 fully saturated rings. The molecule has 128 valence electrons. The van der Waals surface area contributed by atoms with E-state index in [4.69, 9.17) is 0 Å². The first-order valence-corrected chi connectivity index (χ1v) is 9.86. The van der Waals surface area contributed by atoms with Gasteiger partial charge in [-0.15, -0.1) is 0 Å².